The number of aromatic nitrogens is 1. The molecule has 0 amide bonds. The number of ether oxygens (including phenoxy) is 4. The molecule has 1 aliphatic rings. The zero-order chi connectivity index (χ0) is 28.9. The van der Waals surface area contributed by atoms with Gasteiger partial charge in [0.15, 0.2) is 16.3 Å². The Morgan fingerprint density at radius 1 is 0.951 bits per heavy atom. The molecule has 210 valence electrons. The number of carbonyl (C=O) groups is 1. The molecule has 1 aromatic heterocycles. The van der Waals surface area contributed by atoms with E-state index in [4.69, 9.17) is 23.9 Å². The van der Waals surface area contributed by atoms with Gasteiger partial charge in [-0.05, 0) is 43.7 Å². The van der Waals surface area contributed by atoms with E-state index < -0.39 is 12.0 Å². The van der Waals surface area contributed by atoms with E-state index in [2.05, 4.69) is 0 Å². The van der Waals surface area contributed by atoms with Gasteiger partial charge in [0, 0.05) is 11.1 Å². The maximum Gasteiger partial charge on any atom is 0.338 e. The molecule has 0 radical (unpaired) electrons. The third kappa shape index (κ3) is 5.40. The predicted octanol–water partition coefficient (Wildman–Crippen LogP) is 4.35. The van der Waals surface area contributed by atoms with E-state index in [9.17, 15) is 9.59 Å². The van der Waals surface area contributed by atoms with E-state index in [1.165, 1.54) is 11.3 Å². The second-order valence-corrected chi connectivity index (χ2v) is 10.0. The smallest absolute Gasteiger partial charge is 0.338 e. The Balaban J connectivity index is 1.81. The number of hydrogen-bond acceptors (Lipinski definition) is 8. The fourth-order valence-electron chi connectivity index (χ4n) is 4.79. The van der Waals surface area contributed by atoms with Crippen LogP contribution in [0.5, 0.6) is 17.2 Å². The van der Waals surface area contributed by atoms with E-state index in [-0.39, 0.29) is 12.2 Å². The van der Waals surface area contributed by atoms with Crippen LogP contribution in [0.15, 0.2) is 88.2 Å². The summed E-state index contributed by atoms with van der Waals surface area (Å²) in [6.07, 6.45) is 1.78. The number of hydrogen-bond donors (Lipinski definition) is 0. The highest BCUT2D eigenvalue weighted by atomic mass is 32.1. The van der Waals surface area contributed by atoms with Gasteiger partial charge < -0.3 is 18.9 Å². The average molecular weight is 571 g/mol. The number of nitrogens with zero attached hydrogens (tertiary/aromatic N) is 2. The van der Waals surface area contributed by atoms with Gasteiger partial charge in [-0.15, -0.1) is 0 Å². The normalized spacial score (nSPS) is 14.7. The summed E-state index contributed by atoms with van der Waals surface area (Å²) < 4.78 is 24.3. The van der Waals surface area contributed by atoms with Crippen LogP contribution in [-0.4, -0.2) is 38.0 Å². The van der Waals surface area contributed by atoms with Crippen molar-refractivity contribution in [3.05, 3.63) is 115 Å². The summed E-state index contributed by atoms with van der Waals surface area (Å²) in [5.74, 6) is 1.25. The van der Waals surface area contributed by atoms with Crippen molar-refractivity contribution in [3.63, 3.8) is 0 Å². The van der Waals surface area contributed by atoms with Crippen molar-refractivity contribution in [2.45, 2.75) is 19.9 Å². The van der Waals surface area contributed by atoms with E-state index in [0.29, 0.717) is 50.0 Å². The number of methoxy groups -OCH3 is 2. The first-order valence-corrected chi connectivity index (χ1v) is 14.0. The lowest BCUT2D eigenvalue weighted by molar-refractivity contribution is -0.138. The molecule has 9 heteroatoms. The largest absolute Gasteiger partial charge is 0.497 e. The van der Waals surface area contributed by atoms with E-state index in [0.717, 1.165) is 11.1 Å². The highest BCUT2D eigenvalue weighted by Crippen LogP contribution is 2.36. The van der Waals surface area contributed by atoms with Crippen molar-refractivity contribution in [2.75, 3.05) is 27.4 Å². The first-order valence-electron chi connectivity index (χ1n) is 13.2. The molecule has 4 aromatic rings. The molecule has 0 spiro atoms. The van der Waals surface area contributed by atoms with Crippen molar-refractivity contribution in [2.24, 2.45) is 4.99 Å². The molecule has 5 rings (SSSR count). The molecule has 0 N–H and O–H groups in total. The molecule has 8 nitrogen and oxygen atoms in total. The Kier molecular flexibility index (Phi) is 8.35. The summed E-state index contributed by atoms with van der Waals surface area (Å²) in [5, 5.41) is 0. The second-order valence-electron chi connectivity index (χ2n) is 9.02. The highest BCUT2D eigenvalue weighted by Gasteiger charge is 2.35. The summed E-state index contributed by atoms with van der Waals surface area (Å²) >= 11 is 1.25. The molecule has 1 aliphatic heterocycles. The number of thiazole rings is 1. The minimum absolute atomic E-state index is 0.181. The van der Waals surface area contributed by atoms with Crippen LogP contribution in [0.2, 0.25) is 0 Å². The number of para-hydroxylation sites is 1. The van der Waals surface area contributed by atoms with Crippen LogP contribution >= 0.6 is 11.3 Å². The fourth-order valence-corrected chi connectivity index (χ4v) is 5.78. The average Bonchev–Trinajstić information content (AvgIpc) is 3.32. The molecule has 0 aliphatic carbocycles. The number of benzene rings is 3. The molecule has 0 saturated heterocycles. The summed E-state index contributed by atoms with van der Waals surface area (Å²) in [5.41, 5.74) is 2.64. The number of carbonyl (C=O) groups excluding carboxylic acids is 1. The van der Waals surface area contributed by atoms with Gasteiger partial charge >= 0.3 is 5.97 Å². The van der Waals surface area contributed by atoms with Gasteiger partial charge in [0.25, 0.3) is 5.56 Å². The third-order valence-corrected chi connectivity index (χ3v) is 7.59. The Hall–Kier alpha value is -4.63. The van der Waals surface area contributed by atoms with Gasteiger partial charge in [-0.1, -0.05) is 65.9 Å². The van der Waals surface area contributed by atoms with Crippen molar-refractivity contribution in [3.8, 4) is 17.2 Å². The summed E-state index contributed by atoms with van der Waals surface area (Å²) in [7, 11) is 3.16. The van der Waals surface area contributed by atoms with Gasteiger partial charge in [-0.3, -0.25) is 9.36 Å². The summed E-state index contributed by atoms with van der Waals surface area (Å²) in [6, 6.07) is 21.5. The van der Waals surface area contributed by atoms with Crippen LogP contribution in [0.25, 0.3) is 11.8 Å². The van der Waals surface area contributed by atoms with Crippen LogP contribution in [0.3, 0.4) is 0 Å². The fraction of sp³-hybridized carbons (Fsp3) is 0.219. The molecular formula is C32H30N2O6S. The van der Waals surface area contributed by atoms with Crippen LogP contribution < -0.4 is 29.1 Å². The molecule has 0 fully saturated rings. The van der Waals surface area contributed by atoms with Crippen molar-refractivity contribution < 1.29 is 23.7 Å². The lowest BCUT2D eigenvalue weighted by Gasteiger charge is -2.26. The first-order chi connectivity index (χ1) is 20.0. The third-order valence-electron chi connectivity index (χ3n) is 6.61. The molecule has 2 heterocycles. The van der Waals surface area contributed by atoms with Crippen molar-refractivity contribution >= 4 is 29.1 Å². The Labute approximate surface area is 241 Å². The van der Waals surface area contributed by atoms with Gasteiger partial charge in [0.2, 0.25) is 0 Å². The van der Waals surface area contributed by atoms with Crippen molar-refractivity contribution in [1.82, 2.24) is 4.57 Å². The number of esters is 1. The first kappa shape index (κ1) is 27.9. The molecule has 1 atom stereocenters. The zero-order valence-corrected chi connectivity index (χ0v) is 24.1. The lowest BCUT2D eigenvalue weighted by Crippen LogP contribution is -2.40. The van der Waals surface area contributed by atoms with Gasteiger partial charge in [-0.2, -0.15) is 0 Å². The Morgan fingerprint density at radius 2 is 1.71 bits per heavy atom. The molecular weight excluding hydrogens is 540 g/mol. The topological polar surface area (TPSA) is 88.4 Å². The summed E-state index contributed by atoms with van der Waals surface area (Å²) in [4.78, 5) is 33.1. The lowest BCUT2D eigenvalue weighted by atomic mass is 9.93. The SMILES string of the molecule is CCOC(=O)C1=C(c2ccccc2)N=c2s/c(=C\c3cccc(OC)c3OCC)c(=O)n2[C@H]1c1ccc(OC)cc1. The van der Waals surface area contributed by atoms with Crippen LogP contribution in [0.4, 0.5) is 0 Å². The van der Waals surface area contributed by atoms with E-state index in [1.807, 2.05) is 67.6 Å². The van der Waals surface area contributed by atoms with E-state index >= 15 is 0 Å². The molecule has 0 saturated carbocycles. The van der Waals surface area contributed by atoms with Gasteiger partial charge in [0.1, 0.15) is 5.75 Å². The maximum absolute atomic E-state index is 14.1. The quantitative estimate of drug-likeness (QED) is 0.278. The predicted molar refractivity (Wildman–Crippen MR) is 158 cm³/mol. The molecule has 0 unspecified atom stereocenters. The summed E-state index contributed by atoms with van der Waals surface area (Å²) in [6.45, 7) is 4.26. The minimum atomic E-state index is -0.773. The Bertz CT molecular complexity index is 1770. The molecule has 0 bridgehead atoms. The number of fused-ring (bicyclic) bond motifs is 1. The highest BCUT2D eigenvalue weighted by molar-refractivity contribution is 7.07. The standard InChI is InChI=1S/C32H30N2O6S/c1-5-39-29-22(13-10-14-24(29)38-4)19-25-30(35)34-28(21-15-17-23(37-3)18-16-21)26(31(36)40-6-2)27(33-32(34)41-25)20-11-8-7-9-12-20/h7-19,28H,5-6H2,1-4H3/b25-19-/t28-/m0/s1. The molecule has 3 aromatic carbocycles. The monoisotopic (exact) mass is 570 g/mol. The second kappa shape index (κ2) is 12.3. The van der Waals surface area contributed by atoms with Gasteiger partial charge in [0.05, 0.1) is 49.3 Å². The van der Waals surface area contributed by atoms with Crippen molar-refractivity contribution in [1.29, 1.82) is 0 Å². The van der Waals surface area contributed by atoms with Crippen LogP contribution in [0, 0.1) is 0 Å². The molecule has 41 heavy (non-hydrogen) atoms. The van der Waals surface area contributed by atoms with Gasteiger partial charge in [-0.25, -0.2) is 9.79 Å². The Morgan fingerprint density at radius 3 is 2.37 bits per heavy atom. The maximum atomic E-state index is 14.1. The van der Waals surface area contributed by atoms with Crippen LogP contribution in [-0.2, 0) is 9.53 Å². The van der Waals surface area contributed by atoms with Crippen LogP contribution in [0.1, 0.15) is 36.6 Å². The van der Waals surface area contributed by atoms with E-state index in [1.54, 1.807) is 43.9 Å². The zero-order valence-electron chi connectivity index (χ0n) is 23.2. The minimum Gasteiger partial charge on any atom is -0.497 e. The number of rotatable bonds is 9.